The Hall–Kier alpha value is -2.59. The Morgan fingerprint density at radius 2 is 1.85 bits per heavy atom. The van der Waals surface area contributed by atoms with E-state index in [-0.39, 0.29) is 10.6 Å². The second-order valence-electron chi connectivity index (χ2n) is 4.17. The zero-order valence-electron chi connectivity index (χ0n) is 10.7. The summed E-state index contributed by atoms with van der Waals surface area (Å²) in [5.41, 5.74) is 6.70. The summed E-state index contributed by atoms with van der Waals surface area (Å²) in [6.45, 7) is 0. The van der Waals surface area contributed by atoms with Gasteiger partial charge in [0.1, 0.15) is 11.9 Å². The first-order valence-electron chi connectivity index (χ1n) is 5.64. The number of pyridine rings is 1. The van der Waals surface area contributed by atoms with Gasteiger partial charge < -0.3 is 11.1 Å². The van der Waals surface area contributed by atoms with E-state index in [1.807, 2.05) is 6.07 Å². The van der Waals surface area contributed by atoms with Gasteiger partial charge in [-0.05, 0) is 36.4 Å². The highest BCUT2D eigenvalue weighted by atomic mass is 32.2. The molecule has 2 aromatic rings. The Kier molecular flexibility index (Phi) is 3.59. The third-order valence-corrected chi connectivity index (χ3v) is 3.72. The second kappa shape index (κ2) is 5.19. The second-order valence-corrected chi connectivity index (χ2v) is 6.18. The zero-order valence-corrected chi connectivity index (χ0v) is 11.5. The van der Waals surface area contributed by atoms with Crippen LogP contribution in [0.4, 0.5) is 17.2 Å². The molecule has 6 nitrogen and oxygen atoms in total. The first-order chi connectivity index (χ1) is 9.40. The van der Waals surface area contributed by atoms with Crippen LogP contribution in [0, 0.1) is 11.3 Å². The van der Waals surface area contributed by atoms with Crippen LogP contribution in [-0.2, 0) is 9.84 Å². The van der Waals surface area contributed by atoms with Crippen LogP contribution in [0.2, 0.25) is 0 Å². The third kappa shape index (κ3) is 3.05. The van der Waals surface area contributed by atoms with Crippen molar-refractivity contribution in [1.29, 1.82) is 5.26 Å². The van der Waals surface area contributed by atoms with Crippen LogP contribution in [0.25, 0.3) is 0 Å². The molecule has 0 bridgehead atoms. The van der Waals surface area contributed by atoms with Crippen LogP contribution in [0.15, 0.2) is 41.3 Å². The summed E-state index contributed by atoms with van der Waals surface area (Å²) < 4.78 is 22.7. The number of sulfone groups is 1. The summed E-state index contributed by atoms with van der Waals surface area (Å²) in [4.78, 5) is 4.28. The molecule has 102 valence electrons. The largest absolute Gasteiger partial charge is 0.396 e. The summed E-state index contributed by atoms with van der Waals surface area (Å²) in [6, 6.07) is 11.4. The Labute approximate surface area is 116 Å². The quantitative estimate of drug-likeness (QED) is 0.889. The highest BCUT2D eigenvalue weighted by Gasteiger charge is 2.07. The molecule has 1 aromatic heterocycles. The number of nitrogens with one attached hydrogen (secondary N) is 1. The number of nitrogen functional groups attached to an aromatic ring is 1. The van der Waals surface area contributed by atoms with E-state index in [9.17, 15) is 8.42 Å². The summed E-state index contributed by atoms with van der Waals surface area (Å²) in [5.74, 6) is 0.461. The number of aromatic nitrogens is 1. The Balaban J connectivity index is 2.25. The molecule has 0 aliphatic rings. The first-order valence-corrected chi connectivity index (χ1v) is 7.53. The highest BCUT2D eigenvalue weighted by molar-refractivity contribution is 7.90. The van der Waals surface area contributed by atoms with Gasteiger partial charge >= 0.3 is 0 Å². The standard InChI is InChI=1S/C13H12N4O2S/c1-20(18,19)10-4-2-9(3-5-10)16-13-7-6-11(15)12(8-14)17-13/h2-7H,15H2,1H3,(H,16,17). The van der Waals surface area contributed by atoms with E-state index in [0.717, 1.165) is 6.26 Å². The lowest BCUT2D eigenvalue weighted by atomic mass is 10.3. The average Bonchev–Trinajstić information content (AvgIpc) is 2.40. The molecular formula is C13H12N4O2S. The van der Waals surface area contributed by atoms with Crippen LogP contribution in [-0.4, -0.2) is 19.7 Å². The van der Waals surface area contributed by atoms with E-state index < -0.39 is 9.84 Å². The smallest absolute Gasteiger partial charge is 0.175 e. The number of nitrogens with two attached hydrogens (primary N) is 1. The number of benzene rings is 1. The normalized spacial score (nSPS) is 10.8. The maximum Gasteiger partial charge on any atom is 0.175 e. The number of nitriles is 1. The maximum atomic E-state index is 11.3. The van der Waals surface area contributed by atoms with Crippen molar-refractivity contribution in [1.82, 2.24) is 4.98 Å². The van der Waals surface area contributed by atoms with Crippen molar-refractivity contribution in [3.63, 3.8) is 0 Å². The van der Waals surface area contributed by atoms with Gasteiger partial charge in [0.25, 0.3) is 0 Å². The summed E-state index contributed by atoms with van der Waals surface area (Å²) in [6.07, 6.45) is 1.15. The molecule has 0 aliphatic carbocycles. The number of nitrogens with zero attached hydrogens (tertiary/aromatic N) is 2. The number of rotatable bonds is 3. The van der Waals surface area contributed by atoms with Crippen molar-refractivity contribution in [3.05, 3.63) is 42.1 Å². The lowest BCUT2D eigenvalue weighted by Crippen LogP contribution is -2.00. The average molecular weight is 288 g/mol. The molecule has 0 amide bonds. The van der Waals surface area contributed by atoms with Crippen molar-refractivity contribution >= 4 is 27.0 Å². The van der Waals surface area contributed by atoms with Crippen molar-refractivity contribution in [2.24, 2.45) is 0 Å². The lowest BCUT2D eigenvalue weighted by molar-refractivity contribution is 0.602. The molecule has 0 atom stereocenters. The van der Waals surface area contributed by atoms with Crippen LogP contribution in [0.1, 0.15) is 5.69 Å². The molecule has 2 rings (SSSR count). The predicted octanol–water partition coefficient (Wildman–Crippen LogP) is 1.68. The molecule has 0 unspecified atom stereocenters. The Morgan fingerprint density at radius 3 is 2.40 bits per heavy atom. The van der Waals surface area contributed by atoms with Gasteiger partial charge in [0, 0.05) is 11.9 Å². The van der Waals surface area contributed by atoms with Crippen molar-refractivity contribution in [3.8, 4) is 6.07 Å². The predicted molar refractivity (Wildman–Crippen MR) is 76.2 cm³/mol. The topological polar surface area (TPSA) is 109 Å². The minimum atomic E-state index is -3.21. The Morgan fingerprint density at radius 1 is 1.20 bits per heavy atom. The van der Waals surface area contributed by atoms with Gasteiger partial charge in [-0.2, -0.15) is 5.26 Å². The molecule has 0 saturated heterocycles. The molecule has 7 heteroatoms. The molecule has 3 N–H and O–H groups in total. The maximum absolute atomic E-state index is 11.3. The van der Waals surface area contributed by atoms with Gasteiger partial charge in [-0.15, -0.1) is 0 Å². The van der Waals surface area contributed by atoms with E-state index >= 15 is 0 Å². The fraction of sp³-hybridized carbons (Fsp3) is 0.0769. The molecule has 0 saturated carbocycles. The monoisotopic (exact) mass is 288 g/mol. The SMILES string of the molecule is CS(=O)(=O)c1ccc(Nc2ccc(N)c(C#N)n2)cc1. The molecule has 1 heterocycles. The third-order valence-electron chi connectivity index (χ3n) is 2.59. The molecule has 0 aliphatic heterocycles. The number of anilines is 3. The minimum Gasteiger partial charge on any atom is -0.396 e. The van der Waals surface area contributed by atoms with Crippen LogP contribution in [0.3, 0.4) is 0 Å². The molecule has 20 heavy (non-hydrogen) atoms. The molecule has 0 fully saturated rings. The summed E-state index contributed by atoms with van der Waals surface area (Å²) >= 11 is 0. The Bertz CT molecular complexity index is 777. The van der Waals surface area contributed by atoms with Crippen LogP contribution >= 0.6 is 0 Å². The van der Waals surface area contributed by atoms with Crippen LogP contribution < -0.4 is 11.1 Å². The summed E-state index contributed by atoms with van der Waals surface area (Å²) in [5, 5.41) is 11.8. The van der Waals surface area contributed by atoms with E-state index in [1.165, 1.54) is 12.1 Å². The van der Waals surface area contributed by atoms with Crippen LogP contribution in [0.5, 0.6) is 0 Å². The van der Waals surface area contributed by atoms with Gasteiger partial charge in [-0.3, -0.25) is 0 Å². The fourth-order valence-corrected chi connectivity index (χ4v) is 2.19. The molecular weight excluding hydrogens is 276 g/mol. The molecule has 0 spiro atoms. The summed E-state index contributed by atoms with van der Waals surface area (Å²) in [7, 11) is -3.21. The van der Waals surface area contributed by atoms with Crippen molar-refractivity contribution < 1.29 is 8.42 Å². The highest BCUT2D eigenvalue weighted by Crippen LogP contribution is 2.19. The van der Waals surface area contributed by atoms with E-state index in [2.05, 4.69) is 10.3 Å². The number of hydrogen-bond donors (Lipinski definition) is 2. The first kappa shape index (κ1) is 13.8. The van der Waals surface area contributed by atoms with Gasteiger partial charge in [0.2, 0.25) is 0 Å². The molecule has 0 radical (unpaired) electrons. The van der Waals surface area contributed by atoms with E-state index in [1.54, 1.807) is 24.3 Å². The van der Waals surface area contributed by atoms with Gasteiger partial charge in [-0.25, -0.2) is 13.4 Å². The van der Waals surface area contributed by atoms with Crippen molar-refractivity contribution in [2.45, 2.75) is 4.90 Å². The zero-order chi connectivity index (χ0) is 14.8. The fourth-order valence-electron chi connectivity index (χ4n) is 1.56. The van der Waals surface area contributed by atoms with Gasteiger partial charge in [0.15, 0.2) is 15.5 Å². The lowest BCUT2D eigenvalue weighted by Gasteiger charge is -2.07. The minimum absolute atomic E-state index is 0.141. The number of hydrogen-bond acceptors (Lipinski definition) is 6. The van der Waals surface area contributed by atoms with Crippen molar-refractivity contribution in [2.75, 3.05) is 17.3 Å². The van der Waals surface area contributed by atoms with Gasteiger partial charge in [0.05, 0.1) is 10.6 Å². The van der Waals surface area contributed by atoms with E-state index in [0.29, 0.717) is 17.2 Å². The molecule has 1 aromatic carbocycles. The van der Waals surface area contributed by atoms with E-state index in [4.69, 9.17) is 11.0 Å². The van der Waals surface area contributed by atoms with Gasteiger partial charge in [-0.1, -0.05) is 0 Å².